The largest absolute Gasteiger partial charge is 0.444 e. The molecule has 0 aromatic heterocycles. The summed E-state index contributed by atoms with van der Waals surface area (Å²) in [5.41, 5.74) is -0.383. The molecule has 0 bridgehead atoms. The number of benzene rings is 1. The third kappa shape index (κ3) is 9.74. The summed E-state index contributed by atoms with van der Waals surface area (Å²) >= 11 is 0. The molecular weight excluding hydrogens is 654 g/mol. The highest BCUT2D eigenvalue weighted by Gasteiger charge is 2.70. The molecule has 4 rings (SSSR count). The van der Waals surface area contributed by atoms with E-state index in [9.17, 15) is 33.6 Å². The Balaban J connectivity index is 1.44. The number of carbonyl (C=O) groups excluding carboxylic acids is 7. The third-order valence-electron chi connectivity index (χ3n) is 10.4. The van der Waals surface area contributed by atoms with Gasteiger partial charge in [-0.2, -0.15) is 0 Å². The topological polar surface area (TPSA) is 180 Å². The normalized spacial score (nSPS) is 23.5. The van der Waals surface area contributed by atoms with E-state index in [0.717, 1.165) is 12.8 Å². The minimum atomic E-state index is -1.14. The zero-order chi connectivity index (χ0) is 38.0. The van der Waals surface area contributed by atoms with Crippen molar-refractivity contribution >= 4 is 41.3 Å². The number of ketones is 2. The Bertz CT molecular complexity index is 1510. The third-order valence-corrected chi connectivity index (χ3v) is 10.4. The van der Waals surface area contributed by atoms with E-state index in [0.29, 0.717) is 12.0 Å². The number of amides is 5. The summed E-state index contributed by atoms with van der Waals surface area (Å²) in [6.45, 7) is 12.4. The van der Waals surface area contributed by atoms with Crippen LogP contribution in [0.1, 0.15) is 85.8 Å². The summed E-state index contributed by atoms with van der Waals surface area (Å²) in [5.74, 6) is -5.20. The molecule has 4 N–H and O–H groups in total. The average Bonchev–Trinajstić information content (AvgIpc) is 3.90. The van der Waals surface area contributed by atoms with Gasteiger partial charge in [-0.3, -0.25) is 28.8 Å². The highest BCUT2D eigenvalue weighted by atomic mass is 16.6. The lowest BCUT2D eigenvalue weighted by Crippen LogP contribution is -2.54. The maximum absolute atomic E-state index is 14.1. The maximum atomic E-state index is 14.1. The average molecular weight is 710 g/mol. The van der Waals surface area contributed by atoms with Gasteiger partial charge in [0.1, 0.15) is 11.6 Å². The molecule has 3 aliphatic carbocycles. The van der Waals surface area contributed by atoms with Crippen LogP contribution in [0, 0.1) is 40.9 Å². The van der Waals surface area contributed by atoms with Crippen LogP contribution in [0.4, 0.5) is 4.79 Å². The maximum Gasteiger partial charge on any atom is 0.408 e. The van der Waals surface area contributed by atoms with Crippen molar-refractivity contribution in [3.63, 3.8) is 0 Å². The highest BCUT2D eigenvalue weighted by Crippen LogP contribution is 2.70. The standard InChI is InChI=1S/C38H55N5O8/c1-20(2)29(42-36(50)51-37(3,4)5)31(45)23-18-24-28(38(24,6)7)27(23)33(47)40-25(17-21-15-16-21)32(46)34(48)39-19-26(44)41-30(35(49)43(8)9)22-13-11-10-12-14-22/h10-14,20-21,23-25,27-30H,15-19H2,1-9H3,(H,39,48)(H,40,47)(H,41,44)(H,42,50)/t23?,24-,25?,27-,28-,29-,30-/m0/s1. The van der Waals surface area contributed by atoms with E-state index in [-0.39, 0.29) is 47.2 Å². The Labute approximate surface area is 300 Å². The lowest BCUT2D eigenvalue weighted by molar-refractivity contribution is -0.142. The van der Waals surface area contributed by atoms with Crippen molar-refractivity contribution in [2.75, 3.05) is 20.6 Å². The molecule has 2 unspecified atom stereocenters. The molecule has 51 heavy (non-hydrogen) atoms. The molecule has 13 nitrogen and oxygen atoms in total. The lowest BCUT2D eigenvalue weighted by atomic mass is 9.77. The zero-order valence-corrected chi connectivity index (χ0v) is 31.3. The van der Waals surface area contributed by atoms with E-state index in [1.54, 1.807) is 65.2 Å². The van der Waals surface area contributed by atoms with E-state index in [2.05, 4.69) is 35.1 Å². The fourth-order valence-electron chi connectivity index (χ4n) is 7.49. The van der Waals surface area contributed by atoms with E-state index in [1.807, 2.05) is 13.8 Å². The van der Waals surface area contributed by atoms with Crippen LogP contribution in [-0.2, 0) is 33.5 Å². The van der Waals surface area contributed by atoms with E-state index in [1.165, 1.54) is 4.90 Å². The molecule has 3 saturated carbocycles. The molecule has 1 aromatic rings. The molecule has 0 radical (unpaired) electrons. The summed E-state index contributed by atoms with van der Waals surface area (Å²) in [7, 11) is 3.13. The van der Waals surface area contributed by atoms with Crippen LogP contribution in [0.3, 0.4) is 0 Å². The first-order chi connectivity index (χ1) is 23.7. The van der Waals surface area contributed by atoms with Crippen LogP contribution >= 0.6 is 0 Å². The van der Waals surface area contributed by atoms with E-state index in [4.69, 9.17) is 4.74 Å². The fraction of sp³-hybridized carbons (Fsp3) is 0.658. The molecular formula is C38H55N5O8. The van der Waals surface area contributed by atoms with Crippen molar-refractivity contribution in [1.82, 2.24) is 26.2 Å². The Hall–Kier alpha value is -4.29. The van der Waals surface area contributed by atoms with E-state index < -0.39 is 71.7 Å². The quantitative estimate of drug-likeness (QED) is 0.201. The van der Waals surface area contributed by atoms with Crippen molar-refractivity contribution in [3.8, 4) is 0 Å². The van der Waals surface area contributed by atoms with Gasteiger partial charge in [-0.15, -0.1) is 0 Å². The van der Waals surface area contributed by atoms with Gasteiger partial charge >= 0.3 is 6.09 Å². The van der Waals surface area contributed by atoms with Crippen molar-refractivity contribution in [2.45, 2.75) is 97.9 Å². The zero-order valence-electron chi connectivity index (χ0n) is 31.3. The smallest absolute Gasteiger partial charge is 0.408 e. The van der Waals surface area contributed by atoms with Crippen molar-refractivity contribution in [3.05, 3.63) is 35.9 Å². The number of hydrogen-bond acceptors (Lipinski definition) is 8. The number of likely N-dealkylation sites (N-methyl/N-ethyl adjacent to an activating group) is 1. The van der Waals surface area contributed by atoms with Crippen LogP contribution < -0.4 is 21.3 Å². The monoisotopic (exact) mass is 709 g/mol. The number of rotatable bonds is 15. The van der Waals surface area contributed by atoms with Gasteiger partial charge in [-0.25, -0.2) is 4.79 Å². The van der Waals surface area contributed by atoms with E-state index >= 15 is 0 Å². The van der Waals surface area contributed by atoms with Crippen molar-refractivity contribution in [1.29, 1.82) is 0 Å². The van der Waals surface area contributed by atoms with Gasteiger partial charge in [0, 0.05) is 20.0 Å². The van der Waals surface area contributed by atoms with Crippen LogP contribution in [-0.4, -0.2) is 84.5 Å². The summed E-state index contributed by atoms with van der Waals surface area (Å²) < 4.78 is 5.41. The van der Waals surface area contributed by atoms with Crippen molar-refractivity contribution < 1.29 is 38.3 Å². The number of nitrogens with zero attached hydrogens (tertiary/aromatic N) is 1. The first-order valence-corrected chi connectivity index (χ1v) is 17.9. The van der Waals surface area contributed by atoms with Gasteiger partial charge in [0.2, 0.25) is 23.5 Å². The molecule has 3 fully saturated rings. The first kappa shape index (κ1) is 39.5. The molecule has 3 aliphatic rings. The van der Waals surface area contributed by atoms with Crippen molar-refractivity contribution in [2.24, 2.45) is 40.9 Å². The number of hydrogen-bond donors (Lipinski definition) is 4. The predicted octanol–water partition coefficient (Wildman–Crippen LogP) is 2.93. The predicted molar refractivity (Wildman–Crippen MR) is 189 cm³/mol. The number of Topliss-reactive ketones (excluding diaryl/α,β-unsaturated/α-hetero) is 2. The van der Waals surface area contributed by atoms with Gasteiger partial charge < -0.3 is 30.9 Å². The summed E-state index contributed by atoms with van der Waals surface area (Å²) in [6.07, 6.45) is 1.74. The molecule has 0 aliphatic heterocycles. The number of fused-ring (bicyclic) bond motifs is 1. The minimum Gasteiger partial charge on any atom is -0.444 e. The summed E-state index contributed by atoms with van der Waals surface area (Å²) in [5, 5.41) is 10.5. The van der Waals surface area contributed by atoms with Gasteiger partial charge in [-0.1, -0.05) is 70.9 Å². The number of nitrogens with one attached hydrogen (secondary N) is 4. The van der Waals surface area contributed by atoms with Gasteiger partial charge in [-0.05, 0) is 68.3 Å². The van der Waals surface area contributed by atoms with Crippen LogP contribution in [0.5, 0.6) is 0 Å². The fourth-order valence-corrected chi connectivity index (χ4v) is 7.49. The van der Waals surface area contributed by atoms with Crippen LogP contribution in [0.2, 0.25) is 0 Å². The first-order valence-electron chi connectivity index (χ1n) is 17.9. The molecule has 280 valence electrons. The Morgan fingerprint density at radius 1 is 0.941 bits per heavy atom. The molecule has 13 heteroatoms. The molecule has 0 heterocycles. The number of alkyl carbamates (subject to hydrolysis) is 1. The Kier molecular flexibility index (Phi) is 12.0. The van der Waals surface area contributed by atoms with Crippen LogP contribution in [0.25, 0.3) is 0 Å². The summed E-state index contributed by atoms with van der Waals surface area (Å²) in [6, 6.07) is 5.66. The lowest BCUT2D eigenvalue weighted by Gasteiger charge is -2.31. The molecule has 1 aromatic carbocycles. The highest BCUT2D eigenvalue weighted by molar-refractivity contribution is 6.38. The van der Waals surface area contributed by atoms with Gasteiger partial charge in [0.25, 0.3) is 5.91 Å². The second-order valence-corrected chi connectivity index (χ2v) is 16.5. The molecule has 0 spiro atoms. The molecule has 7 atom stereocenters. The molecule has 5 amide bonds. The Morgan fingerprint density at radius 2 is 1.57 bits per heavy atom. The van der Waals surface area contributed by atoms with Gasteiger partial charge in [0.05, 0.1) is 24.5 Å². The van der Waals surface area contributed by atoms with Gasteiger partial charge in [0.15, 0.2) is 5.78 Å². The van der Waals surface area contributed by atoms with Crippen LogP contribution in [0.15, 0.2) is 30.3 Å². The number of ether oxygens (including phenoxy) is 1. The summed E-state index contributed by atoms with van der Waals surface area (Å²) in [4.78, 5) is 94.5. The number of carbonyl (C=O) groups is 7. The SMILES string of the molecule is CC(C)[C@H](NC(=O)OC(C)(C)C)C(=O)C1C[C@H]2[C@@H]([C@H]1C(=O)NC(CC1CC1)C(=O)C(=O)NCC(=O)N[C@H](C(=O)N(C)C)c1ccccc1)C2(C)C. The Morgan fingerprint density at radius 3 is 2.12 bits per heavy atom. The minimum absolute atomic E-state index is 0.0996. The second-order valence-electron chi connectivity index (χ2n) is 16.5. The molecule has 0 saturated heterocycles. The second kappa shape index (κ2) is 15.5.